The van der Waals surface area contributed by atoms with Crippen LogP contribution in [0.25, 0.3) is 21.5 Å². The lowest BCUT2D eigenvalue weighted by molar-refractivity contribution is 0.0948. The molecule has 3 heterocycles. The molecule has 4 aromatic rings. The molecule has 0 unspecified atom stereocenters. The Balaban J connectivity index is 1.45. The highest BCUT2D eigenvalue weighted by molar-refractivity contribution is 7.13. The third-order valence-corrected chi connectivity index (χ3v) is 5.51. The molecule has 8 heteroatoms. The van der Waals surface area contributed by atoms with Gasteiger partial charge in [-0.2, -0.15) is 0 Å². The molecule has 0 bridgehead atoms. The van der Waals surface area contributed by atoms with Crippen LogP contribution in [0.1, 0.15) is 16.9 Å². The Morgan fingerprint density at radius 3 is 2.90 bits per heavy atom. The van der Waals surface area contributed by atoms with Gasteiger partial charge in [0, 0.05) is 29.3 Å². The van der Waals surface area contributed by atoms with Gasteiger partial charge in [-0.1, -0.05) is 6.07 Å². The SMILES string of the molecule is CN(C)CCCNC(=O)c1cc2cc(Nc3nccc(-c4cccs4)n3)ccc2[nH]1. The fourth-order valence-corrected chi connectivity index (χ4v) is 3.83. The molecular weight excluding hydrogens is 396 g/mol. The summed E-state index contributed by atoms with van der Waals surface area (Å²) in [6.45, 7) is 1.59. The molecule has 1 aromatic carbocycles. The first-order valence-corrected chi connectivity index (χ1v) is 10.7. The maximum absolute atomic E-state index is 12.4. The van der Waals surface area contributed by atoms with E-state index in [1.54, 1.807) is 17.5 Å². The average molecular weight is 421 g/mol. The molecule has 0 spiro atoms. The van der Waals surface area contributed by atoms with Crippen LogP contribution in [-0.2, 0) is 0 Å². The fourth-order valence-electron chi connectivity index (χ4n) is 3.13. The number of rotatable bonds is 8. The van der Waals surface area contributed by atoms with Gasteiger partial charge in [0.25, 0.3) is 5.91 Å². The normalized spacial score (nSPS) is 11.2. The number of nitrogens with one attached hydrogen (secondary N) is 3. The van der Waals surface area contributed by atoms with Crippen LogP contribution in [-0.4, -0.2) is 52.9 Å². The molecule has 7 nitrogen and oxygen atoms in total. The lowest BCUT2D eigenvalue weighted by atomic mass is 10.2. The summed E-state index contributed by atoms with van der Waals surface area (Å²) in [5.41, 5.74) is 3.22. The van der Waals surface area contributed by atoms with Crippen LogP contribution in [0, 0.1) is 0 Å². The van der Waals surface area contributed by atoms with Crippen molar-refractivity contribution in [2.75, 3.05) is 32.5 Å². The molecule has 0 aliphatic rings. The minimum absolute atomic E-state index is 0.0913. The number of benzene rings is 1. The third-order valence-electron chi connectivity index (χ3n) is 4.62. The van der Waals surface area contributed by atoms with E-state index in [2.05, 4.69) is 30.5 Å². The van der Waals surface area contributed by atoms with E-state index in [1.807, 2.05) is 61.9 Å². The number of anilines is 2. The Morgan fingerprint density at radius 1 is 1.20 bits per heavy atom. The van der Waals surface area contributed by atoms with Crippen LogP contribution in [0.15, 0.2) is 54.0 Å². The Hall–Kier alpha value is -3.23. The molecule has 0 radical (unpaired) electrons. The lowest BCUT2D eigenvalue weighted by Crippen LogP contribution is -2.27. The van der Waals surface area contributed by atoms with Crippen molar-refractivity contribution in [3.63, 3.8) is 0 Å². The highest BCUT2D eigenvalue weighted by Crippen LogP contribution is 2.25. The van der Waals surface area contributed by atoms with E-state index >= 15 is 0 Å². The smallest absolute Gasteiger partial charge is 0.267 e. The van der Waals surface area contributed by atoms with Crippen molar-refractivity contribution >= 4 is 39.8 Å². The molecule has 4 rings (SSSR count). The van der Waals surface area contributed by atoms with Gasteiger partial charge < -0.3 is 20.5 Å². The van der Waals surface area contributed by atoms with Crippen LogP contribution in [0.2, 0.25) is 0 Å². The maximum atomic E-state index is 12.4. The summed E-state index contributed by atoms with van der Waals surface area (Å²) in [7, 11) is 4.04. The summed E-state index contributed by atoms with van der Waals surface area (Å²) >= 11 is 1.64. The minimum atomic E-state index is -0.0913. The average Bonchev–Trinajstić information content (AvgIpc) is 3.41. The van der Waals surface area contributed by atoms with Gasteiger partial charge in [0.1, 0.15) is 5.69 Å². The van der Waals surface area contributed by atoms with Gasteiger partial charge in [-0.15, -0.1) is 11.3 Å². The van der Waals surface area contributed by atoms with E-state index < -0.39 is 0 Å². The number of hydrogen-bond acceptors (Lipinski definition) is 6. The Kier molecular flexibility index (Phi) is 6.06. The van der Waals surface area contributed by atoms with Crippen molar-refractivity contribution in [1.29, 1.82) is 0 Å². The Labute approximate surface area is 179 Å². The molecule has 1 amide bonds. The number of aromatic nitrogens is 3. The molecule has 0 saturated heterocycles. The molecule has 0 aliphatic heterocycles. The van der Waals surface area contributed by atoms with E-state index in [-0.39, 0.29) is 5.91 Å². The van der Waals surface area contributed by atoms with Gasteiger partial charge in [-0.3, -0.25) is 4.79 Å². The van der Waals surface area contributed by atoms with E-state index in [0.717, 1.165) is 40.1 Å². The van der Waals surface area contributed by atoms with Gasteiger partial charge in [-0.05, 0) is 68.8 Å². The van der Waals surface area contributed by atoms with Crippen LogP contribution in [0.5, 0.6) is 0 Å². The first-order chi connectivity index (χ1) is 14.6. The lowest BCUT2D eigenvalue weighted by Gasteiger charge is -2.09. The first kappa shape index (κ1) is 20.1. The fraction of sp³-hybridized carbons (Fsp3) is 0.227. The second-order valence-electron chi connectivity index (χ2n) is 7.27. The topological polar surface area (TPSA) is 85.9 Å². The molecule has 0 fully saturated rings. The highest BCUT2D eigenvalue weighted by atomic mass is 32.1. The minimum Gasteiger partial charge on any atom is -0.351 e. The van der Waals surface area contributed by atoms with Crippen LogP contribution >= 0.6 is 11.3 Å². The summed E-state index contributed by atoms with van der Waals surface area (Å²) in [5.74, 6) is 0.445. The largest absolute Gasteiger partial charge is 0.351 e. The molecule has 3 aromatic heterocycles. The zero-order chi connectivity index (χ0) is 20.9. The number of fused-ring (bicyclic) bond motifs is 1. The summed E-state index contributed by atoms with van der Waals surface area (Å²) in [4.78, 5) is 27.7. The summed E-state index contributed by atoms with van der Waals surface area (Å²) < 4.78 is 0. The second-order valence-corrected chi connectivity index (χ2v) is 8.21. The van der Waals surface area contributed by atoms with Crippen molar-refractivity contribution in [2.24, 2.45) is 0 Å². The molecule has 0 saturated carbocycles. The number of hydrogen-bond donors (Lipinski definition) is 3. The van der Waals surface area contributed by atoms with Gasteiger partial charge in [0.15, 0.2) is 0 Å². The van der Waals surface area contributed by atoms with Crippen molar-refractivity contribution < 1.29 is 4.79 Å². The number of amides is 1. The molecule has 30 heavy (non-hydrogen) atoms. The number of carbonyl (C=O) groups is 1. The van der Waals surface area contributed by atoms with Crippen molar-refractivity contribution in [2.45, 2.75) is 6.42 Å². The number of nitrogens with zero attached hydrogens (tertiary/aromatic N) is 3. The molecule has 0 atom stereocenters. The van der Waals surface area contributed by atoms with Gasteiger partial charge >= 0.3 is 0 Å². The number of aromatic amines is 1. The predicted octanol–water partition coefficient (Wildman–Crippen LogP) is 4.11. The monoisotopic (exact) mass is 420 g/mol. The maximum Gasteiger partial charge on any atom is 0.267 e. The van der Waals surface area contributed by atoms with E-state index in [1.165, 1.54) is 0 Å². The number of carbonyl (C=O) groups excluding carboxylic acids is 1. The molecule has 154 valence electrons. The van der Waals surface area contributed by atoms with Gasteiger partial charge in [-0.25, -0.2) is 9.97 Å². The first-order valence-electron chi connectivity index (χ1n) is 9.78. The van der Waals surface area contributed by atoms with Crippen molar-refractivity contribution in [3.8, 4) is 10.6 Å². The summed E-state index contributed by atoms with van der Waals surface area (Å²) in [5, 5.41) is 9.19. The van der Waals surface area contributed by atoms with Crippen LogP contribution in [0.4, 0.5) is 11.6 Å². The zero-order valence-corrected chi connectivity index (χ0v) is 17.8. The van der Waals surface area contributed by atoms with Crippen LogP contribution < -0.4 is 10.6 Å². The molecular formula is C22H24N6OS. The number of thiophene rings is 1. The number of H-pyrrole nitrogens is 1. The van der Waals surface area contributed by atoms with Crippen molar-refractivity contribution in [3.05, 3.63) is 59.7 Å². The van der Waals surface area contributed by atoms with E-state index in [9.17, 15) is 4.79 Å². The highest BCUT2D eigenvalue weighted by Gasteiger charge is 2.10. The standard InChI is InChI=1S/C22H24N6OS/c1-28(2)11-4-9-23-21(29)19-14-15-13-16(6-7-17(15)26-19)25-22-24-10-8-18(27-22)20-5-3-12-30-20/h3,5-8,10,12-14,26H,4,9,11H2,1-2H3,(H,23,29)(H,24,25,27). The quantitative estimate of drug-likeness (QED) is 0.374. The zero-order valence-electron chi connectivity index (χ0n) is 17.0. The third kappa shape index (κ3) is 4.84. The van der Waals surface area contributed by atoms with Gasteiger partial charge in [0.05, 0.1) is 10.6 Å². The van der Waals surface area contributed by atoms with E-state index in [0.29, 0.717) is 18.2 Å². The molecule has 0 aliphatic carbocycles. The summed E-state index contributed by atoms with van der Waals surface area (Å²) in [6, 6.07) is 13.7. The Morgan fingerprint density at radius 2 is 2.10 bits per heavy atom. The van der Waals surface area contributed by atoms with E-state index in [4.69, 9.17) is 0 Å². The second kappa shape index (κ2) is 9.06. The summed E-state index contributed by atoms with van der Waals surface area (Å²) in [6.07, 6.45) is 2.66. The predicted molar refractivity (Wildman–Crippen MR) is 122 cm³/mol. The van der Waals surface area contributed by atoms with Crippen LogP contribution in [0.3, 0.4) is 0 Å². The molecule has 3 N–H and O–H groups in total. The van der Waals surface area contributed by atoms with Gasteiger partial charge in [0.2, 0.25) is 5.95 Å². The Bertz CT molecular complexity index is 1140. The van der Waals surface area contributed by atoms with Crippen molar-refractivity contribution in [1.82, 2.24) is 25.2 Å².